The van der Waals surface area contributed by atoms with Crippen molar-refractivity contribution in [2.75, 3.05) is 11.9 Å². The second-order valence-electron chi connectivity index (χ2n) is 5.54. The van der Waals surface area contributed by atoms with E-state index in [9.17, 15) is 0 Å². The van der Waals surface area contributed by atoms with Gasteiger partial charge in [0.05, 0.1) is 11.6 Å². The summed E-state index contributed by atoms with van der Waals surface area (Å²) in [6, 6.07) is 8.20. The van der Waals surface area contributed by atoms with E-state index in [2.05, 4.69) is 24.4 Å². The van der Waals surface area contributed by atoms with Gasteiger partial charge in [-0.3, -0.25) is 0 Å². The Balaban J connectivity index is 1.94. The Morgan fingerprint density at radius 3 is 2.78 bits per heavy atom. The van der Waals surface area contributed by atoms with E-state index in [1.54, 1.807) is 0 Å². The van der Waals surface area contributed by atoms with Crippen LogP contribution in [0.2, 0.25) is 0 Å². The average Bonchev–Trinajstić information content (AvgIpc) is 2.38. The molecule has 96 valence electrons. The topological polar surface area (TPSA) is 35.8 Å². The quantitative estimate of drug-likeness (QED) is 0.866. The van der Waals surface area contributed by atoms with Crippen LogP contribution in [0, 0.1) is 30.1 Å². The third kappa shape index (κ3) is 3.04. The maximum absolute atomic E-state index is 8.91. The van der Waals surface area contributed by atoms with Crippen LogP contribution in [0.4, 0.5) is 5.69 Å². The summed E-state index contributed by atoms with van der Waals surface area (Å²) in [5.74, 6) is 1.64. The summed E-state index contributed by atoms with van der Waals surface area (Å²) in [6.45, 7) is 5.43. The van der Waals surface area contributed by atoms with Gasteiger partial charge in [-0.15, -0.1) is 0 Å². The molecule has 2 unspecified atom stereocenters. The molecule has 18 heavy (non-hydrogen) atoms. The molecule has 0 heterocycles. The fourth-order valence-electron chi connectivity index (χ4n) is 2.84. The van der Waals surface area contributed by atoms with Crippen LogP contribution in [0.25, 0.3) is 0 Å². The average molecular weight is 242 g/mol. The second kappa shape index (κ2) is 5.91. The molecule has 0 bridgehead atoms. The first kappa shape index (κ1) is 13.0. The third-order valence-electron chi connectivity index (χ3n) is 4.20. The predicted octanol–water partition coefficient (Wildman–Crippen LogP) is 4.10. The molecule has 2 nitrogen and oxygen atoms in total. The van der Waals surface area contributed by atoms with E-state index in [-0.39, 0.29) is 0 Å². The molecule has 1 aliphatic carbocycles. The SMILES string of the molecule is Cc1cc(NCC2CCCCC2C)ccc1C#N. The van der Waals surface area contributed by atoms with E-state index in [1.807, 2.05) is 19.1 Å². The summed E-state index contributed by atoms with van der Waals surface area (Å²) in [7, 11) is 0. The largest absolute Gasteiger partial charge is 0.385 e. The summed E-state index contributed by atoms with van der Waals surface area (Å²) < 4.78 is 0. The maximum atomic E-state index is 8.91. The van der Waals surface area contributed by atoms with Gasteiger partial charge in [0.15, 0.2) is 0 Å². The van der Waals surface area contributed by atoms with Crippen LogP contribution in [-0.2, 0) is 0 Å². The van der Waals surface area contributed by atoms with E-state index < -0.39 is 0 Å². The molecule has 2 rings (SSSR count). The molecule has 0 amide bonds. The van der Waals surface area contributed by atoms with Crippen molar-refractivity contribution in [3.63, 3.8) is 0 Å². The lowest BCUT2D eigenvalue weighted by molar-refractivity contribution is 0.268. The summed E-state index contributed by atoms with van der Waals surface area (Å²) in [6.07, 6.45) is 5.50. The molecule has 1 saturated carbocycles. The fraction of sp³-hybridized carbons (Fsp3) is 0.562. The standard InChI is InChI=1S/C16H22N2/c1-12-5-3-4-6-15(12)11-18-16-8-7-14(10-17)13(2)9-16/h7-9,12,15,18H,3-6,11H2,1-2H3. The Bertz CT molecular complexity index is 445. The monoisotopic (exact) mass is 242 g/mol. The van der Waals surface area contributed by atoms with Crippen LogP contribution in [-0.4, -0.2) is 6.54 Å². The van der Waals surface area contributed by atoms with Crippen LogP contribution in [0.5, 0.6) is 0 Å². The summed E-state index contributed by atoms with van der Waals surface area (Å²) in [4.78, 5) is 0. The van der Waals surface area contributed by atoms with Crippen molar-refractivity contribution in [1.82, 2.24) is 0 Å². The summed E-state index contributed by atoms with van der Waals surface area (Å²) >= 11 is 0. The van der Waals surface area contributed by atoms with E-state index >= 15 is 0 Å². The lowest BCUT2D eigenvalue weighted by atomic mass is 9.80. The van der Waals surface area contributed by atoms with Crippen molar-refractivity contribution in [2.45, 2.75) is 39.5 Å². The first-order chi connectivity index (χ1) is 8.70. The van der Waals surface area contributed by atoms with E-state index in [1.165, 1.54) is 25.7 Å². The Labute approximate surface area is 110 Å². The van der Waals surface area contributed by atoms with Crippen LogP contribution in [0.1, 0.15) is 43.7 Å². The van der Waals surface area contributed by atoms with Crippen LogP contribution in [0.15, 0.2) is 18.2 Å². The highest BCUT2D eigenvalue weighted by Crippen LogP contribution is 2.29. The number of aryl methyl sites for hydroxylation is 1. The summed E-state index contributed by atoms with van der Waals surface area (Å²) in [5.41, 5.74) is 2.97. The van der Waals surface area contributed by atoms with Gasteiger partial charge >= 0.3 is 0 Å². The van der Waals surface area contributed by atoms with Gasteiger partial charge in [0, 0.05) is 12.2 Å². The molecule has 2 atom stereocenters. The van der Waals surface area contributed by atoms with Gasteiger partial charge in [-0.2, -0.15) is 5.26 Å². The van der Waals surface area contributed by atoms with Crippen LogP contribution >= 0.6 is 0 Å². The van der Waals surface area contributed by atoms with Crippen molar-refractivity contribution in [3.8, 4) is 6.07 Å². The zero-order valence-corrected chi connectivity index (χ0v) is 11.4. The number of hydrogen-bond donors (Lipinski definition) is 1. The first-order valence-electron chi connectivity index (χ1n) is 6.95. The molecule has 1 aromatic rings. The molecule has 0 spiro atoms. The lowest BCUT2D eigenvalue weighted by Crippen LogP contribution is -2.24. The van der Waals surface area contributed by atoms with Crippen molar-refractivity contribution in [1.29, 1.82) is 5.26 Å². The number of nitriles is 1. The molecule has 1 fully saturated rings. The zero-order chi connectivity index (χ0) is 13.0. The zero-order valence-electron chi connectivity index (χ0n) is 11.4. The van der Waals surface area contributed by atoms with Crippen LogP contribution in [0.3, 0.4) is 0 Å². The molecule has 1 aliphatic rings. The van der Waals surface area contributed by atoms with Gasteiger partial charge in [0.25, 0.3) is 0 Å². The van der Waals surface area contributed by atoms with Gasteiger partial charge in [-0.1, -0.05) is 26.2 Å². The van der Waals surface area contributed by atoms with E-state index in [0.717, 1.165) is 35.2 Å². The molecule has 0 aromatic heterocycles. The molecule has 1 N–H and O–H groups in total. The maximum Gasteiger partial charge on any atom is 0.0994 e. The number of rotatable bonds is 3. The van der Waals surface area contributed by atoms with E-state index in [0.29, 0.717) is 0 Å². The van der Waals surface area contributed by atoms with Crippen molar-refractivity contribution >= 4 is 5.69 Å². The number of anilines is 1. The van der Waals surface area contributed by atoms with Gasteiger partial charge in [-0.05, 0) is 48.9 Å². The van der Waals surface area contributed by atoms with Gasteiger partial charge < -0.3 is 5.32 Å². The second-order valence-corrected chi connectivity index (χ2v) is 5.54. The molecule has 0 saturated heterocycles. The number of nitrogens with one attached hydrogen (secondary N) is 1. The Morgan fingerprint density at radius 2 is 2.11 bits per heavy atom. The predicted molar refractivity (Wildman–Crippen MR) is 75.5 cm³/mol. The number of benzene rings is 1. The molecular formula is C16H22N2. The number of hydrogen-bond acceptors (Lipinski definition) is 2. The normalized spacial score (nSPS) is 23.4. The highest BCUT2D eigenvalue weighted by atomic mass is 14.9. The third-order valence-corrected chi connectivity index (χ3v) is 4.20. The van der Waals surface area contributed by atoms with Crippen molar-refractivity contribution in [3.05, 3.63) is 29.3 Å². The van der Waals surface area contributed by atoms with Crippen molar-refractivity contribution < 1.29 is 0 Å². The highest BCUT2D eigenvalue weighted by Gasteiger charge is 2.20. The minimum absolute atomic E-state index is 0.770. The first-order valence-corrected chi connectivity index (χ1v) is 6.95. The Kier molecular flexibility index (Phi) is 4.25. The molecule has 0 aliphatic heterocycles. The van der Waals surface area contributed by atoms with Gasteiger partial charge in [0.1, 0.15) is 0 Å². The Hall–Kier alpha value is -1.49. The molecule has 1 aromatic carbocycles. The molecule has 0 radical (unpaired) electrons. The van der Waals surface area contributed by atoms with Crippen LogP contribution < -0.4 is 5.32 Å². The molecular weight excluding hydrogens is 220 g/mol. The smallest absolute Gasteiger partial charge is 0.0994 e. The summed E-state index contributed by atoms with van der Waals surface area (Å²) in [5, 5.41) is 12.4. The highest BCUT2D eigenvalue weighted by molar-refractivity contribution is 5.51. The Morgan fingerprint density at radius 1 is 1.33 bits per heavy atom. The number of nitrogens with zero attached hydrogens (tertiary/aromatic N) is 1. The fourth-order valence-corrected chi connectivity index (χ4v) is 2.84. The lowest BCUT2D eigenvalue weighted by Gasteiger charge is -2.29. The molecule has 2 heteroatoms. The van der Waals surface area contributed by atoms with Gasteiger partial charge in [0.2, 0.25) is 0 Å². The minimum atomic E-state index is 0.770. The van der Waals surface area contributed by atoms with Gasteiger partial charge in [-0.25, -0.2) is 0 Å². The van der Waals surface area contributed by atoms with Crippen molar-refractivity contribution in [2.24, 2.45) is 11.8 Å². The van der Waals surface area contributed by atoms with E-state index in [4.69, 9.17) is 5.26 Å². The minimum Gasteiger partial charge on any atom is -0.385 e.